The lowest BCUT2D eigenvalue weighted by Crippen LogP contribution is -2.42. The molecule has 2 atom stereocenters. The molecule has 1 rings (SSSR count). The van der Waals surface area contributed by atoms with Gasteiger partial charge in [-0.25, -0.2) is 9.59 Å². The number of hydrogen-bond acceptors (Lipinski definition) is 7. The number of carbonyl (C=O) groups is 2. The summed E-state index contributed by atoms with van der Waals surface area (Å²) in [7, 11) is -3.52. The van der Waals surface area contributed by atoms with E-state index in [1.807, 2.05) is 0 Å². The van der Waals surface area contributed by atoms with Crippen LogP contribution < -0.4 is 5.32 Å². The number of phenolic OH excluding ortho intramolecular Hbond substituents is 2. The van der Waals surface area contributed by atoms with Crippen molar-refractivity contribution < 1.29 is 43.6 Å². The minimum absolute atomic E-state index is 0.0129. The van der Waals surface area contributed by atoms with Gasteiger partial charge in [0, 0.05) is 13.1 Å². The maximum absolute atomic E-state index is 11.7. The van der Waals surface area contributed by atoms with E-state index >= 15 is 0 Å². The van der Waals surface area contributed by atoms with Crippen LogP contribution in [0.1, 0.15) is 18.4 Å². The third kappa shape index (κ3) is 8.70. The number of carbonyl (C=O) groups excluding carboxylic acids is 1. The van der Waals surface area contributed by atoms with E-state index in [1.165, 1.54) is 18.2 Å². The molecule has 1 aromatic rings. The minimum Gasteiger partial charge on any atom is -0.504 e. The van der Waals surface area contributed by atoms with E-state index in [9.17, 15) is 29.5 Å². The summed E-state index contributed by atoms with van der Waals surface area (Å²) in [4.78, 5) is 31.8. The summed E-state index contributed by atoms with van der Waals surface area (Å²) < 4.78 is 20.4. The molecular formula is C15H22NO9P. The molecule has 0 aliphatic carbocycles. The van der Waals surface area contributed by atoms with Crippen molar-refractivity contribution in [3.8, 4) is 11.5 Å². The molecule has 0 spiro atoms. The van der Waals surface area contributed by atoms with Crippen molar-refractivity contribution in [1.29, 1.82) is 0 Å². The van der Waals surface area contributed by atoms with Crippen LogP contribution in [0, 0.1) is 0 Å². The van der Waals surface area contributed by atoms with Gasteiger partial charge < -0.3 is 34.8 Å². The van der Waals surface area contributed by atoms with E-state index in [-0.39, 0.29) is 25.4 Å². The fraction of sp³-hybridized carbons (Fsp3) is 0.467. The second-order valence-electron chi connectivity index (χ2n) is 5.54. The fourth-order valence-electron chi connectivity index (χ4n) is 1.92. The molecule has 0 aromatic heterocycles. The average Bonchev–Trinajstić information content (AvgIpc) is 2.52. The first kappa shape index (κ1) is 21.8. The lowest BCUT2D eigenvalue weighted by Gasteiger charge is -2.15. The molecule has 1 aromatic carbocycles. The lowest BCUT2D eigenvalue weighted by atomic mass is 10.1. The first-order valence-corrected chi connectivity index (χ1v) is 9.72. The number of carboxylic acids is 1. The molecule has 11 heteroatoms. The Bertz CT molecular complexity index is 673. The van der Waals surface area contributed by atoms with Crippen molar-refractivity contribution in [3.63, 3.8) is 0 Å². The first-order chi connectivity index (χ1) is 12.1. The number of hydrogen-bond donors (Lipinski definition) is 5. The van der Waals surface area contributed by atoms with E-state index in [0.29, 0.717) is 18.4 Å². The highest BCUT2D eigenvalue weighted by atomic mass is 31.2. The Labute approximate surface area is 149 Å². The molecule has 1 amide bonds. The summed E-state index contributed by atoms with van der Waals surface area (Å²) >= 11 is 0. The van der Waals surface area contributed by atoms with Crippen molar-refractivity contribution in [1.82, 2.24) is 5.32 Å². The Morgan fingerprint density at radius 3 is 2.42 bits per heavy atom. The monoisotopic (exact) mass is 391 g/mol. The molecule has 1 unspecified atom stereocenters. The highest BCUT2D eigenvalue weighted by Crippen LogP contribution is 2.36. The van der Waals surface area contributed by atoms with Crippen molar-refractivity contribution in [2.24, 2.45) is 0 Å². The van der Waals surface area contributed by atoms with Crippen LogP contribution in [0.3, 0.4) is 0 Å². The van der Waals surface area contributed by atoms with Gasteiger partial charge in [-0.3, -0.25) is 4.57 Å². The molecule has 0 aliphatic heterocycles. The van der Waals surface area contributed by atoms with Gasteiger partial charge in [-0.15, -0.1) is 0 Å². The quantitative estimate of drug-likeness (QED) is 0.225. The van der Waals surface area contributed by atoms with Crippen molar-refractivity contribution in [2.45, 2.75) is 25.3 Å². The maximum Gasteiger partial charge on any atom is 0.407 e. The number of ether oxygens (including phenoxy) is 1. The molecule has 0 saturated carbocycles. The van der Waals surface area contributed by atoms with Crippen LogP contribution in [-0.2, 0) is 25.0 Å². The summed E-state index contributed by atoms with van der Waals surface area (Å²) in [5.74, 6) is -2.02. The van der Waals surface area contributed by atoms with E-state index in [4.69, 9.17) is 9.63 Å². The predicted octanol–water partition coefficient (Wildman–Crippen LogP) is 1.43. The van der Waals surface area contributed by atoms with E-state index in [2.05, 4.69) is 9.84 Å². The third-order valence-corrected chi connectivity index (χ3v) is 3.83. The summed E-state index contributed by atoms with van der Waals surface area (Å²) in [6.45, 7) is 1.09. The van der Waals surface area contributed by atoms with E-state index in [1.54, 1.807) is 0 Å². The molecule has 0 radical (unpaired) electrons. The number of rotatable bonds is 10. The number of phenols is 2. The summed E-state index contributed by atoms with van der Waals surface area (Å²) in [5.41, 5.74) is 0.401. The number of amides is 1. The largest absolute Gasteiger partial charge is 0.504 e. The van der Waals surface area contributed by atoms with E-state index < -0.39 is 31.4 Å². The molecule has 26 heavy (non-hydrogen) atoms. The molecule has 0 saturated heterocycles. The van der Waals surface area contributed by atoms with Crippen LogP contribution >= 0.6 is 7.60 Å². The second-order valence-corrected chi connectivity index (χ2v) is 7.41. The van der Waals surface area contributed by atoms with Gasteiger partial charge in [0.25, 0.3) is 0 Å². The Balaban J connectivity index is 2.39. The number of aromatic hydroxyl groups is 2. The van der Waals surface area contributed by atoms with Gasteiger partial charge in [0.1, 0.15) is 6.04 Å². The van der Waals surface area contributed by atoms with Gasteiger partial charge in [0.05, 0.1) is 13.2 Å². The predicted molar refractivity (Wildman–Crippen MR) is 90.3 cm³/mol. The Hall–Kier alpha value is -2.29. The van der Waals surface area contributed by atoms with Crippen LogP contribution in [0.4, 0.5) is 4.79 Å². The van der Waals surface area contributed by atoms with Crippen molar-refractivity contribution in [3.05, 3.63) is 23.8 Å². The second kappa shape index (κ2) is 10.0. The van der Waals surface area contributed by atoms with Crippen LogP contribution in [0.2, 0.25) is 0 Å². The number of aliphatic carboxylic acids is 1. The van der Waals surface area contributed by atoms with Crippen molar-refractivity contribution >= 4 is 19.7 Å². The number of unbranched alkanes of at least 4 members (excludes halogenated alkanes) is 1. The zero-order valence-electron chi connectivity index (χ0n) is 14.1. The Morgan fingerprint density at radius 2 is 1.85 bits per heavy atom. The maximum atomic E-state index is 11.7. The molecule has 10 nitrogen and oxygen atoms in total. The molecule has 0 fully saturated rings. The lowest BCUT2D eigenvalue weighted by molar-refractivity contribution is -0.139. The molecule has 0 aliphatic rings. The van der Waals surface area contributed by atoms with Gasteiger partial charge >= 0.3 is 19.7 Å². The summed E-state index contributed by atoms with van der Waals surface area (Å²) in [5, 5.41) is 30.0. The number of carboxylic acid groups (broad SMARTS) is 1. The van der Waals surface area contributed by atoms with Crippen LogP contribution in [0.25, 0.3) is 0 Å². The SMILES string of the molecule is CP(=O)(O)OCCCCOC(=O)N[C@@H](Cc1ccc(O)c(O)c1)C(=O)O. The molecule has 0 heterocycles. The molecule has 0 bridgehead atoms. The zero-order valence-corrected chi connectivity index (χ0v) is 15.0. The standard InChI is InChI=1S/C15H22NO9P/c1-26(22,23)25-7-3-2-6-24-15(21)16-11(14(19)20)8-10-4-5-12(17)13(18)9-10/h4-5,9,11,17-18H,2-3,6-8H2,1H3,(H,16,21)(H,19,20)(H,22,23)/t11-/m0/s1. The molecule has 146 valence electrons. The van der Waals surface area contributed by atoms with Gasteiger partial charge in [-0.2, -0.15) is 0 Å². The minimum atomic E-state index is -3.52. The summed E-state index contributed by atoms with van der Waals surface area (Å²) in [6.07, 6.45) is -0.281. The Morgan fingerprint density at radius 1 is 1.19 bits per heavy atom. The average molecular weight is 391 g/mol. The van der Waals surface area contributed by atoms with Gasteiger partial charge in [-0.1, -0.05) is 6.07 Å². The van der Waals surface area contributed by atoms with E-state index in [0.717, 1.165) is 6.66 Å². The topological polar surface area (TPSA) is 163 Å². The molecule has 5 N–H and O–H groups in total. The van der Waals surface area contributed by atoms with Crippen LogP contribution in [0.5, 0.6) is 11.5 Å². The number of nitrogens with one attached hydrogen (secondary N) is 1. The normalized spacial score (nSPS) is 14.2. The van der Waals surface area contributed by atoms with Gasteiger partial charge in [0.15, 0.2) is 11.5 Å². The Kier molecular flexibility index (Phi) is 8.37. The smallest absolute Gasteiger partial charge is 0.407 e. The number of benzene rings is 1. The number of alkyl carbamates (subject to hydrolysis) is 1. The van der Waals surface area contributed by atoms with Gasteiger partial charge in [0.2, 0.25) is 0 Å². The molecular weight excluding hydrogens is 369 g/mol. The van der Waals surface area contributed by atoms with Crippen LogP contribution in [-0.4, -0.2) is 58.2 Å². The highest BCUT2D eigenvalue weighted by Gasteiger charge is 2.21. The fourth-order valence-corrected chi connectivity index (χ4v) is 2.39. The first-order valence-electron chi connectivity index (χ1n) is 7.70. The highest BCUT2D eigenvalue weighted by molar-refractivity contribution is 7.51. The van der Waals surface area contributed by atoms with Crippen LogP contribution in [0.15, 0.2) is 18.2 Å². The summed E-state index contributed by atoms with van der Waals surface area (Å²) in [6, 6.07) is 2.55. The zero-order chi connectivity index (χ0) is 19.7. The van der Waals surface area contributed by atoms with Gasteiger partial charge in [-0.05, 0) is 30.5 Å². The van der Waals surface area contributed by atoms with Crippen molar-refractivity contribution in [2.75, 3.05) is 19.9 Å². The third-order valence-electron chi connectivity index (χ3n) is 3.17.